The Morgan fingerprint density at radius 2 is 1.57 bits per heavy atom. The molecule has 150 valence electrons. The molecule has 1 aromatic heterocycles. The minimum Gasteiger partial charge on any atom is -0.493 e. The van der Waals surface area contributed by atoms with Gasteiger partial charge in [0.25, 0.3) is 0 Å². The predicted octanol–water partition coefficient (Wildman–Crippen LogP) is 4.34. The molecule has 30 heavy (non-hydrogen) atoms. The SMILES string of the molecule is CCc1cnc(N2CC3C(COc4ccc(-c5ccc(C#N)cc5)cc4)[C@@H]3C2)nc1. The molecule has 2 heterocycles. The highest BCUT2D eigenvalue weighted by molar-refractivity contribution is 5.64. The first-order chi connectivity index (χ1) is 14.7. The molecule has 0 radical (unpaired) electrons. The first-order valence-corrected chi connectivity index (χ1v) is 10.5. The van der Waals surface area contributed by atoms with E-state index in [1.54, 1.807) is 0 Å². The van der Waals surface area contributed by atoms with Crippen LogP contribution in [-0.4, -0.2) is 29.7 Å². The van der Waals surface area contributed by atoms with Gasteiger partial charge in [0, 0.05) is 31.4 Å². The number of nitrogens with zero attached hydrogens (tertiary/aromatic N) is 4. The molecular weight excluding hydrogens is 372 g/mol. The zero-order valence-corrected chi connectivity index (χ0v) is 17.0. The fraction of sp³-hybridized carbons (Fsp3) is 0.320. The van der Waals surface area contributed by atoms with Gasteiger partial charge in [-0.05, 0) is 59.2 Å². The summed E-state index contributed by atoms with van der Waals surface area (Å²) in [4.78, 5) is 11.3. The number of hydrogen-bond acceptors (Lipinski definition) is 5. The zero-order chi connectivity index (χ0) is 20.5. The fourth-order valence-corrected chi connectivity index (χ4v) is 4.43. The Labute approximate surface area is 177 Å². The highest BCUT2D eigenvalue weighted by Gasteiger charge is 2.56. The maximum atomic E-state index is 8.92. The Morgan fingerprint density at radius 3 is 2.13 bits per heavy atom. The van der Waals surface area contributed by atoms with Crippen LogP contribution in [0.15, 0.2) is 60.9 Å². The van der Waals surface area contributed by atoms with Crippen molar-refractivity contribution in [1.82, 2.24) is 9.97 Å². The minimum absolute atomic E-state index is 0.634. The lowest BCUT2D eigenvalue weighted by atomic mass is 10.0. The van der Waals surface area contributed by atoms with E-state index in [9.17, 15) is 0 Å². The van der Waals surface area contributed by atoms with Crippen LogP contribution < -0.4 is 9.64 Å². The Hall–Kier alpha value is -3.39. The van der Waals surface area contributed by atoms with Crippen molar-refractivity contribution in [3.8, 4) is 22.9 Å². The second-order valence-corrected chi connectivity index (χ2v) is 8.17. The van der Waals surface area contributed by atoms with E-state index >= 15 is 0 Å². The van der Waals surface area contributed by atoms with Crippen LogP contribution in [0.25, 0.3) is 11.1 Å². The van der Waals surface area contributed by atoms with E-state index in [0.717, 1.165) is 48.9 Å². The van der Waals surface area contributed by atoms with Gasteiger partial charge in [-0.3, -0.25) is 0 Å². The van der Waals surface area contributed by atoms with Gasteiger partial charge in [-0.1, -0.05) is 31.2 Å². The molecule has 1 saturated heterocycles. The van der Waals surface area contributed by atoms with Gasteiger partial charge in [-0.25, -0.2) is 9.97 Å². The van der Waals surface area contributed by atoms with E-state index in [1.165, 1.54) is 5.56 Å². The van der Waals surface area contributed by atoms with Gasteiger partial charge in [0.05, 0.1) is 18.2 Å². The van der Waals surface area contributed by atoms with Crippen molar-refractivity contribution in [3.05, 3.63) is 72.1 Å². The van der Waals surface area contributed by atoms with Crippen LogP contribution >= 0.6 is 0 Å². The lowest BCUT2D eigenvalue weighted by Gasteiger charge is -2.19. The third-order valence-electron chi connectivity index (χ3n) is 6.40. The summed E-state index contributed by atoms with van der Waals surface area (Å²) in [5.74, 6) is 3.79. The van der Waals surface area contributed by atoms with Gasteiger partial charge >= 0.3 is 0 Å². The van der Waals surface area contributed by atoms with E-state index in [0.29, 0.717) is 23.3 Å². The summed E-state index contributed by atoms with van der Waals surface area (Å²) in [6, 6.07) is 18.0. The fourth-order valence-electron chi connectivity index (χ4n) is 4.43. The molecule has 0 amide bonds. The zero-order valence-electron chi connectivity index (χ0n) is 17.0. The Kier molecular flexibility index (Phi) is 4.84. The first kappa shape index (κ1) is 18.6. The van der Waals surface area contributed by atoms with Crippen molar-refractivity contribution in [2.45, 2.75) is 13.3 Å². The highest BCUT2D eigenvalue weighted by atomic mass is 16.5. The average Bonchev–Trinajstić information content (AvgIpc) is 3.26. The molecule has 2 fully saturated rings. The molecular formula is C25H24N4O. The quantitative estimate of drug-likeness (QED) is 0.620. The van der Waals surface area contributed by atoms with Crippen molar-refractivity contribution < 1.29 is 4.74 Å². The Morgan fingerprint density at radius 1 is 0.967 bits per heavy atom. The highest BCUT2D eigenvalue weighted by Crippen LogP contribution is 2.52. The van der Waals surface area contributed by atoms with Crippen LogP contribution in [0.1, 0.15) is 18.1 Å². The Balaban J connectivity index is 1.12. The molecule has 0 spiro atoms. The molecule has 1 aliphatic carbocycles. The number of aryl methyl sites for hydroxylation is 1. The number of nitriles is 1. The molecule has 1 aliphatic heterocycles. The van der Waals surface area contributed by atoms with Crippen LogP contribution in [0.2, 0.25) is 0 Å². The van der Waals surface area contributed by atoms with Crippen LogP contribution in [0.4, 0.5) is 5.95 Å². The maximum absolute atomic E-state index is 8.92. The Bertz CT molecular complexity index is 1040. The van der Waals surface area contributed by atoms with Crippen molar-refractivity contribution in [3.63, 3.8) is 0 Å². The number of ether oxygens (including phenoxy) is 1. The molecule has 2 aromatic carbocycles. The monoisotopic (exact) mass is 396 g/mol. The summed E-state index contributed by atoms with van der Waals surface area (Å²) < 4.78 is 6.07. The van der Waals surface area contributed by atoms with Crippen LogP contribution in [-0.2, 0) is 6.42 Å². The topological polar surface area (TPSA) is 62.0 Å². The van der Waals surface area contributed by atoms with Gasteiger partial charge in [0.1, 0.15) is 5.75 Å². The van der Waals surface area contributed by atoms with Crippen LogP contribution in [0.5, 0.6) is 5.75 Å². The third-order valence-corrected chi connectivity index (χ3v) is 6.40. The third kappa shape index (κ3) is 3.61. The number of anilines is 1. The second kappa shape index (κ2) is 7.79. The summed E-state index contributed by atoms with van der Waals surface area (Å²) in [7, 11) is 0. The van der Waals surface area contributed by atoms with Crippen LogP contribution in [0.3, 0.4) is 0 Å². The van der Waals surface area contributed by atoms with Gasteiger partial charge in [0.2, 0.25) is 5.95 Å². The summed E-state index contributed by atoms with van der Waals surface area (Å²) in [6.45, 7) is 4.95. The predicted molar refractivity (Wildman–Crippen MR) is 116 cm³/mol. The molecule has 5 rings (SSSR count). The molecule has 2 aliphatic rings. The van der Waals surface area contributed by atoms with Crippen molar-refractivity contribution in [2.75, 3.05) is 24.6 Å². The van der Waals surface area contributed by atoms with Crippen LogP contribution in [0, 0.1) is 29.1 Å². The van der Waals surface area contributed by atoms with Crippen molar-refractivity contribution >= 4 is 5.95 Å². The summed E-state index contributed by atoms with van der Waals surface area (Å²) in [5, 5.41) is 8.92. The lowest BCUT2D eigenvalue weighted by Crippen LogP contribution is -2.27. The number of hydrogen-bond donors (Lipinski definition) is 0. The molecule has 2 unspecified atom stereocenters. The van der Waals surface area contributed by atoms with Gasteiger partial charge in [-0.15, -0.1) is 0 Å². The molecule has 3 aromatic rings. The van der Waals surface area contributed by atoms with E-state index in [1.807, 2.05) is 48.8 Å². The number of aromatic nitrogens is 2. The van der Waals surface area contributed by atoms with E-state index < -0.39 is 0 Å². The number of fused-ring (bicyclic) bond motifs is 1. The summed E-state index contributed by atoms with van der Waals surface area (Å²) in [5.41, 5.74) is 4.09. The molecule has 3 atom stereocenters. The maximum Gasteiger partial charge on any atom is 0.225 e. The first-order valence-electron chi connectivity index (χ1n) is 10.5. The smallest absolute Gasteiger partial charge is 0.225 e. The minimum atomic E-state index is 0.634. The van der Waals surface area contributed by atoms with E-state index in [2.05, 4.69) is 40.0 Å². The van der Waals surface area contributed by atoms with Gasteiger partial charge in [-0.2, -0.15) is 5.26 Å². The van der Waals surface area contributed by atoms with Crippen molar-refractivity contribution in [1.29, 1.82) is 5.26 Å². The largest absolute Gasteiger partial charge is 0.493 e. The molecule has 5 heteroatoms. The molecule has 5 nitrogen and oxygen atoms in total. The molecule has 1 saturated carbocycles. The average molecular weight is 396 g/mol. The summed E-state index contributed by atoms with van der Waals surface area (Å²) >= 11 is 0. The van der Waals surface area contributed by atoms with Gasteiger partial charge in [0.15, 0.2) is 0 Å². The lowest BCUT2D eigenvalue weighted by molar-refractivity contribution is 0.283. The second-order valence-electron chi connectivity index (χ2n) is 8.17. The number of piperidine rings is 1. The van der Waals surface area contributed by atoms with E-state index in [-0.39, 0.29) is 0 Å². The standard InChI is InChI=1S/C25H24N4O/c1-2-17-12-27-25(28-13-17)29-14-22-23(15-29)24(22)16-30-21-9-7-20(8-10-21)19-5-3-18(11-26)4-6-19/h3-10,12-13,22-24H,2,14-16H2,1H3/t22-,23?,24?/m1/s1. The van der Waals surface area contributed by atoms with E-state index in [4.69, 9.17) is 10.00 Å². The van der Waals surface area contributed by atoms with Crippen molar-refractivity contribution in [2.24, 2.45) is 17.8 Å². The summed E-state index contributed by atoms with van der Waals surface area (Å²) in [6.07, 6.45) is 4.85. The number of benzene rings is 2. The normalized spacial score (nSPS) is 21.7. The molecule has 0 N–H and O–H groups in total. The number of rotatable bonds is 6. The van der Waals surface area contributed by atoms with Gasteiger partial charge < -0.3 is 9.64 Å². The molecule has 0 bridgehead atoms.